The van der Waals surface area contributed by atoms with E-state index in [2.05, 4.69) is 31.6 Å². The van der Waals surface area contributed by atoms with Gasteiger partial charge in [0.2, 0.25) is 5.75 Å². The maximum atomic E-state index is 12.1. The highest BCUT2D eigenvalue weighted by molar-refractivity contribution is 9.10. The Kier molecular flexibility index (Phi) is 9.25. The Labute approximate surface area is 253 Å². The number of nitrogens with one attached hydrogen (secondary N) is 1. The van der Waals surface area contributed by atoms with Gasteiger partial charge in [0.1, 0.15) is 36.0 Å². The highest BCUT2D eigenvalue weighted by atomic mass is 79.9. The van der Waals surface area contributed by atoms with Crippen molar-refractivity contribution in [3.05, 3.63) is 110 Å². The third kappa shape index (κ3) is 6.97. The van der Waals surface area contributed by atoms with Crippen LogP contribution < -0.4 is 14.8 Å². The molecule has 0 fully saturated rings. The van der Waals surface area contributed by atoms with Gasteiger partial charge in [-0.2, -0.15) is 0 Å². The summed E-state index contributed by atoms with van der Waals surface area (Å²) in [5, 5.41) is 41.1. The van der Waals surface area contributed by atoms with E-state index < -0.39 is 23.5 Å². The van der Waals surface area contributed by atoms with Crippen LogP contribution in [0.2, 0.25) is 0 Å². The van der Waals surface area contributed by atoms with Crippen LogP contribution in [0.15, 0.2) is 88.0 Å². The summed E-state index contributed by atoms with van der Waals surface area (Å²) in [7, 11) is 0. The van der Waals surface area contributed by atoms with E-state index in [1.165, 1.54) is 12.1 Å². The Morgan fingerprint density at radius 2 is 1.72 bits per heavy atom. The minimum atomic E-state index is -1.28. The van der Waals surface area contributed by atoms with Crippen molar-refractivity contribution in [3.8, 4) is 22.6 Å². The van der Waals surface area contributed by atoms with Crippen LogP contribution in [-0.4, -0.2) is 44.1 Å². The van der Waals surface area contributed by atoms with Crippen molar-refractivity contribution < 1.29 is 34.0 Å². The molecule has 3 N–H and O–H groups in total. The van der Waals surface area contributed by atoms with Crippen LogP contribution in [0.4, 0.5) is 5.69 Å². The van der Waals surface area contributed by atoms with Gasteiger partial charge >= 0.3 is 11.7 Å². The number of benzene rings is 4. The van der Waals surface area contributed by atoms with Crippen molar-refractivity contribution in [1.82, 2.24) is 15.6 Å². The smallest absolute Gasteiger partial charge is 0.323 e. The first-order valence-corrected chi connectivity index (χ1v) is 13.8. The molecular formula is C30H25BrN4O8. The number of nitrogens with zero attached hydrogens (tertiary/aromatic N) is 3. The standard InChI is InChI=1S/C30H25BrN4O8/c31-29-20(7-4-8-22(29)19-5-2-1-3-6-19)17-42-28-13-27(41-16-18-9-10-23-24(11-18)34-43-33-23)21(12-26(28)35(39)40)14-32-25(15-36)30(37)38/h1-13,25,32,36H,14-17H2,(H,37,38). The first-order chi connectivity index (χ1) is 20.8. The van der Waals surface area contributed by atoms with Gasteiger partial charge in [0.15, 0.2) is 0 Å². The van der Waals surface area contributed by atoms with Gasteiger partial charge < -0.3 is 19.7 Å². The van der Waals surface area contributed by atoms with E-state index >= 15 is 0 Å². The third-order valence-corrected chi connectivity index (χ3v) is 7.55. The van der Waals surface area contributed by atoms with Gasteiger partial charge in [-0.15, -0.1) is 0 Å². The normalized spacial score (nSPS) is 11.8. The predicted molar refractivity (Wildman–Crippen MR) is 158 cm³/mol. The molecule has 0 aliphatic rings. The number of aliphatic hydroxyl groups is 1. The van der Waals surface area contributed by atoms with Gasteiger partial charge in [-0.3, -0.25) is 20.2 Å². The van der Waals surface area contributed by atoms with Crippen LogP contribution in [0.3, 0.4) is 0 Å². The lowest BCUT2D eigenvalue weighted by Crippen LogP contribution is -2.39. The Morgan fingerprint density at radius 1 is 0.953 bits per heavy atom. The largest absolute Gasteiger partial charge is 0.488 e. The minimum absolute atomic E-state index is 0.0144. The van der Waals surface area contributed by atoms with Crippen molar-refractivity contribution >= 4 is 38.6 Å². The molecule has 13 heteroatoms. The molecule has 43 heavy (non-hydrogen) atoms. The molecule has 0 saturated heterocycles. The second kappa shape index (κ2) is 13.4. The van der Waals surface area contributed by atoms with E-state index in [1.807, 2.05) is 48.5 Å². The van der Waals surface area contributed by atoms with Crippen LogP contribution in [0.1, 0.15) is 16.7 Å². The molecule has 5 rings (SSSR count). The number of carbonyl (C=O) groups is 1. The molecule has 220 valence electrons. The maximum absolute atomic E-state index is 12.1. The molecule has 0 radical (unpaired) electrons. The molecule has 1 aromatic heterocycles. The lowest BCUT2D eigenvalue weighted by molar-refractivity contribution is -0.386. The fourth-order valence-corrected chi connectivity index (χ4v) is 4.96. The van der Waals surface area contributed by atoms with Gasteiger partial charge in [0.25, 0.3) is 0 Å². The van der Waals surface area contributed by atoms with Gasteiger partial charge in [-0.1, -0.05) is 54.6 Å². The van der Waals surface area contributed by atoms with Crippen LogP contribution in [0.5, 0.6) is 11.5 Å². The second-order valence-corrected chi connectivity index (χ2v) is 10.2. The molecule has 0 amide bonds. The molecule has 0 spiro atoms. The van der Waals surface area contributed by atoms with Crippen molar-refractivity contribution in [1.29, 1.82) is 0 Å². The molecular weight excluding hydrogens is 624 g/mol. The number of nitro groups is 1. The number of aliphatic hydroxyl groups excluding tert-OH is 1. The average molecular weight is 649 g/mol. The number of nitro benzene ring substituents is 1. The molecule has 0 aliphatic heterocycles. The topological polar surface area (TPSA) is 170 Å². The number of carboxylic acid groups (broad SMARTS) is 1. The zero-order valence-corrected chi connectivity index (χ0v) is 24.1. The Balaban J connectivity index is 1.44. The van der Waals surface area contributed by atoms with E-state index in [0.29, 0.717) is 16.6 Å². The number of ether oxygens (including phenoxy) is 2. The van der Waals surface area contributed by atoms with Crippen molar-refractivity contribution in [3.63, 3.8) is 0 Å². The van der Waals surface area contributed by atoms with E-state index in [4.69, 9.17) is 14.1 Å². The Bertz CT molecular complexity index is 1760. The molecule has 1 unspecified atom stereocenters. The first kappa shape index (κ1) is 29.6. The summed E-state index contributed by atoms with van der Waals surface area (Å²) in [4.78, 5) is 22.9. The number of hydrogen-bond donors (Lipinski definition) is 3. The summed E-state index contributed by atoms with van der Waals surface area (Å²) in [5.74, 6) is -1.07. The van der Waals surface area contributed by atoms with Crippen LogP contribution in [0, 0.1) is 10.1 Å². The SMILES string of the molecule is O=C(O)C(CO)NCc1cc([N+](=O)[O-])c(OCc2cccc(-c3ccccc3)c2Br)cc1OCc1ccc2nonc2c1. The lowest BCUT2D eigenvalue weighted by Gasteiger charge is -2.17. The fourth-order valence-electron chi connectivity index (χ4n) is 4.35. The molecule has 5 aromatic rings. The molecule has 0 aliphatic carbocycles. The minimum Gasteiger partial charge on any atom is -0.488 e. The summed E-state index contributed by atoms with van der Waals surface area (Å²) in [6, 6.07) is 22.1. The highest BCUT2D eigenvalue weighted by Crippen LogP contribution is 2.37. The Morgan fingerprint density at radius 3 is 2.47 bits per heavy atom. The highest BCUT2D eigenvalue weighted by Gasteiger charge is 2.23. The zero-order chi connectivity index (χ0) is 30.3. The number of hydrogen-bond acceptors (Lipinski definition) is 10. The number of rotatable bonds is 13. The van der Waals surface area contributed by atoms with Crippen molar-refractivity contribution in [2.45, 2.75) is 25.8 Å². The molecule has 0 bridgehead atoms. The number of carboxylic acids is 1. The van der Waals surface area contributed by atoms with Crippen LogP contribution in [0.25, 0.3) is 22.2 Å². The maximum Gasteiger partial charge on any atom is 0.323 e. The summed E-state index contributed by atoms with van der Waals surface area (Å²) in [5.41, 5.74) is 4.52. The van der Waals surface area contributed by atoms with E-state index in [-0.39, 0.29) is 36.9 Å². The molecule has 1 heterocycles. The number of aliphatic carboxylic acids is 1. The molecule has 0 saturated carbocycles. The van der Waals surface area contributed by atoms with Gasteiger partial charge in [0, 0.05) is 34.3 Å². The summed E-state index contributed by atoms with van der Waals surface area (Å²) >= 11 is 3.65. The fraction of sp³-hybridized carbons (Fsp3) is 0.167. The summed E-state index contributed by atoms with van der Waals surface area (Å²) in [6.07, 6.45) is 0. The summed E-state index contributed by atoms with van der Waals surface area (Å²) < 4.78 is 17.6. The Hall–Kier alpha value is -4.85. The van der Waals surface area contributed by atoms with E-state index in [1.54, 1.807) is 18.2 Å². The monoisotopic (exact) mass is 648 g/mol. The molecule has 4 aromatic carbocycles. The van der Waals surface area contributed by atoms with E-state index in [0.717, 1.165) is 26.7 Å². The second-order valence-electron chi connectivity index (χ2n) is 9.45. The predicted octanol–water partition coefficient (Wildman–Crippen LogP) is 5.25. The lowest BCUT2D eigenvalue weighted by atomic mass is 10.0. The van der Waals surface area contributed by atoms with Gasteiger partial charge in [0.05, 0.1) is 11.5 Å². The number of fused-ring (bicyclic) bond motifs is 1. The van der Waals surface area contributed by atoms with E-state index in [9.17, 15) is 25.1 Å². The zero-order valence-electron chi connectivity index (χ0n) is 22.5. The van der Waals surface area contributed by atoms with Crippen LogP contribution >= 0.6 is 15.9 Å². The quantitative estimate of drug-likeness (QED) is 0.112. The van der Waals surface area contributed by atoms with Crippen molar-refractivity contribution in [2.24, 2.45) is 0 Å². The first-order valence-electron chi connectivity index (χ1n) is 13.0. The number of aromatic nitrogens is 2. The molecule has 12 nitrogen and oxygen atoms in total. The molecule has 1 atom stereocenters. The van der Waals surface area contributed by atoms with Crippen LogP contribution in [-0.2, 0) is 24.6 Å². The number of halogens is 1. The van der Waals surface area contributed by atoms with Gasteiger partial charge in [-0.25, -0.2) is 4.63 Å². The summed E-state index contributed by atoms with van der Waals surface area (Å²) in [6.45, 7) is -0.733. The van der Waals surface area contributed by atoms with Gasteiger partial charge in [-0.05, 0) is 55.1 Å². The van der Waals surface area contributed by atoms with Crippen molar-refractivity contribution in [2.75, 3.05) is 6.61 Å². The third-order valence-electron chi connectivity index (χ3n) is 6.62. The average Bonchev–Trinajstić information content (AvgIpc) is 3.48.